The van der Waals surface area contributed by atoms with Gasteiger partial charge in [0, 0.05) is 11.6 Å². The molecule has 0 saturated carbocycles. The smallest absolute Gasteiger partial charge is 0.221 e. The second-order valence-electron chi connectivity index (χ2n) is 3.32. The highest BCUT2D eigenvalue weighted by Gasteiger charge is 2.16. The molecule has 1 amide bonds. The number of carbonyl (C=O) groups is 1. The molecule has 1 heterocycles. The van der Waals surface area contributed by atoms with Crippen molar-refractivity contribution in [1.82, 2.24) is 10.3 Å². The third-order valence-electron chi connectivity index (χ3n) is 2.42. The van der Waals surface area contributed by atoms with Gasteiger partial charge in [0.2, 0.25) is 12.3 Å². The normalized spacial score (nSPS) is 21.4. The molecule has 74 valence electrons. The minimum absolute atomic E-state index is 0.270. The number of carbonyl (C=O) groups excluding carboxylic acids is 1. The highest BCUT2D eigenvalue weighted by molar-refractivity contribution is 5.59. The Kier molecular flexibility index (Phi) is 2.62. The van der Waals surface area contributed by atoms with Crippen LogP contribution in [-0.4, -0.2) is 17.4 Å². The van der Waals surface area contributed by atoms with Crippen molar-refractivity contribution in [2.45, 2.75) is 25.3 Å². The summed E-state index contributed by atoms with van der Waals surface area (Å²) in [6, 6.07) is 0.270. The number of oxazole rings is 1. The fourth-order valence-electron chi connectivity index (χ4n) is 1.66. The van der Waals surface area contributed by atoms with Gasteiger partial charge < -0.3 is 9.73 Å². The van der Waals surface area contributed by atoms with Crippen molar-refractivity contribution in [1.29, 1.82) is 0 Å². The van der Waals surface area contributed by atoms with E-state index in [1.54, 1.807) is 12.5 Å². The van der Waals surface area contributed by atoms with Gasteiger partial charge in [-0.2, -0.15) is 0 Å². The maximum atomic E-state index is 10.2. The van der Waals surface area contributed by atoms with Crippen LogP contribution in [-0.2, 0) is 4.79 Å². The van der Waals surface area contributed by atoms with Gasteiger partial charge in [0.05, 0.1) is 6.20 Å². The molecule has 1 aromatic rings. The van der Waals surface area contributed by atoms with Crippen LogP contribution in [0.2, 0.25) is 0 Å². The largest absolute Gasteiger partial charge is 0.445 e. The molecule has 0 spiro atoms. The predicted octanol–water partition coefficient (Wildman–Crippen LogP) is 1.36. The van der Waals surface area contributed by atoms with E-state index in [0.29, 0.717) is 5.89 Å². The zero-order chi connectivity index (χ0) is 9.80. The van der Waals surface area contributed by atoms with Crippen LogP contribution in [0.1, 0.15) is 25.2 Å². The summed E-state index contributed by atoms with van der Waals surface area (Å²) in [4.78, 5) is 14.3. The van der Waals surface area contributed by atoms with Crippen LogP contribution in [0.25, 0.3) is 5.57 Å². The number of nitrogens with zero attached hydrogens (tertiary/aromatic N) is 1. The van der Waals surface area contributed by atoms with Crippen molar-refractivity contribution >= 4 is 12.0 Å². The quantitative estimate of drug-likeness (QED) is 0.735. The summed E-state index contributed by atoms with van der Waals surface area (Å²) in [5, 5.41) is 2.77. The molecule has 1 aliphatic rings. The fourth-order valence-corrected chi connectivity index (χ4v) is 1.66. The highest BCUT2D eigenvalue weighted by Crippen LogP contribution is 2.25. The molecule has 1 aromatic heterocycles. The van der Waals surface area contributed by atoms with E-state index < -0.39 is 0 Å². The average Bonchev–Trinajstić information content (AvgIpc) is 2.72. The van der Waals surface area contributed by atoms with E-state index >= 15 is 0 Å². The number of rotatable bonds is 3. The van der Waals surface area contributed by atoms with Gasteiger partial charge in [-0.3, -0.25) is 4.79 Å². The molecule has 2 rings (SSSR count). The van der Waals surface area contributed by atoms with E-state index in [1.807, 2.05) is 0 Å². The number of nitrogens with one attached hydrogen (secondary N) is 1. The topological polar surface area (TPSA) is 55.1 Å². The fraction of sp³-hybridized carbons (Fsp3) is 0.400. The lowest BCUT2D eigenvalue weighted by Crippen LogP contribution is -2.28. The van der Waals surface area contributed by atoms with Crippen molar-refractivity contribution in [2.75, 3.05) is 0 Å². The Bertz CT molecular complexity index is 330. The predicted molar refractivity (Wildman–Crippen MR) is 51.3 cm³/mol. The Morgan fingerprint density at radius 2 is 2.57 bits per heavy atom. The molecular weight excluding hydrogens is 180 g/mol. The first-order valence-corrected chi connectivity index (χ1v) is 4.68. The van der Waals surface area contributed by atoms with Gasteiger partial charge in [-0.15, -0.1) is 0 Å². The van der Waals surface area contributed by atoms with E-state index in [-0.39, 0.29) is 6.04 Å². The number of amides is 1. The molecular formula is C10H12N2O2. The van der Waals surface area contributed by atoms with Gasteiger partial charge >= 0.3 is 0 Å². The summed E-state index contributed by atoms with van der Waals surface area (Å²) in [5.74, 6) is 0.703. The maximum Gasteiger partial charge on any atom is 0.221 e. The van der Waals surface area contributed by atoms with Crippen LogP contribution in [0, 0.1) is 0 Å². The second-order valence-corrected chi connectivity index (χ2v) is 3.32. The minimum atomic E-state index is 0.270. The average molecular weight is 192 g/mol. The minimum Gasteiger partial charge on any atom is -0.445 e. The highest BCUT2D eigenvalue weighted by atomic mass is 16.3. The maximum absolute atomic E-state index is 10.2. The Hall–Kier alpha value is -1.58. The monoisotopic (exact) mass is 192 g/mol. The van der Waals surface area contributed by atoms with Crippen LogP contribution in [0.3, 0.4) is 0 Å². The van der Waals surface area contributed by atoms with Gasteiger partial charge in [0.1, 0.15) is 6.26 Å². The Morgan fingerprint density at radius 3 is 3.14 bits per heavy atom. The van der Waals surface area contributed by atoms with Crippen LogP contribution in [0.5, 0.6) is 0 Å². The molecule has 0 aliphatic heterocycles. The lowest BCUT2D eigenvalue weighted by molar-refractivity contribution is -0.110. The summed E-state index contributed by atoms with van der Waals surface area (Å²) < 4.78 is 5.20. The second kappa shape index (κ2) is 4.09. The van der Waals surface area contributed by atoms with Crippen LogP contribution >= 0.6 is 0 Å². The summed E-state index contributed by atoms with van der Waals surface area (Å²) in [6.45, 7) is 0. The zero-order valence-corrected chi connectivity index (χ0v) is 7.77. The van der Waals surface area contributed by atoms with Gasteiger partial charge in [0.15, 0.2) is 0 Å². The standard InChI is InChI=1S/C10H12N2O2/c13-7-12-9-3-1-8(2-4-9)10-11-5-6-14-10/h1,5-7,9H,2-4H2,(H,12,13). The van der Waals surface area contributed by atoms with Crippen LogP contribution < -0.4 is 5.32 Å². The van der Waals surface area contributed by atoms with Crippen molar-refractivity contribution in [3.63, 3.8) is 0 Å². The molecule has 4 nitrogen and oxygen atoms in total. The van der Waals surface area contributed by atoms with E-state index in [1.165, 1.54) is 0 Å². The molecule has 1 atom stereocenters. The number of hydrogen-bond acceptors (Lipinski definition) is 3. The van der Waals surface area contributed by atoms with Crippen molar-refractivity contribution in [3.8, 4) is 0 Å². The molecule has 1 aliphatic carbocycles. The molecule has 0 bridgehead atoms. The summed E-state index contributed by atoms with van der Waals surface area (Å²) >= 11 is 0. The van der Waals surface area contributed by atoms with Crippen molar-refractivity contribution < 1.29 is 9.21 Å². The van der Waals surface area contributed by atoms with E-state index in [9.17, 15) is 4.79 Å². The molecule has 1 N–H and O–H groups in total. The van der Waals surface area contributed by atoms with Gasteiger partial charge in [-0.05, 0) is 19.3 Å². The third-order valence-corrected chi connectivity index (χ3v) is 2.42. The van der Waals surface area contributed by atoms with Gasteiger partial charge in [0.25, 0.3) is 0 Å². The summed E-state index contributed by atoms with van der Waals surface area (Å²) in [6.07, 6.45) is 8.78. The van der Waals surface area contributed by atoms with Crippen molar-refractivity contribution in [3.05, 3.63) is 24.4 Å². The van der Waals surface area contributed by atoms with Crippen LogP contribution in [0.15, 0.2) is 23.0 Å². The molecule has 0 radical (unpaired) electrons. The number of aromatic nitrogens is 1. The first kappa shape index (κ1) is 8.99. The molecule has 14 heavy (non-hydrogen) atoms. The van der Waals surface area contributed by atoms with Gasteiger partial charge in [-0.25, -0.2) is 4.98 Å². The summed E-state index contributed by atoms with van der Waals surface area (Å²) in [5.41, 5.74) is 1.14. The zero-order valence-electron chi connectivity index (χ0n) is 7.77. The Balaban J connectivity index is 2.01. The Labute approximate surface area is 82.0 Å². The lowest BCUT2D eigenvalue weighted by atomic mass is 9.95. The van der Waals surface area contributed by atoms with E-state index in [4.69, 9.17) is 4.42 Å². The Morgan fingerprint density at radius 1 is 1.64 bits per heavy atom. The first-order chi connectivity index (χ1) is 6.90. The molecule has 0 saturated heterocycles. The van der Waals surface area contributed by atoms with E-state index in [0.717, 1.165) is 31.2 Å². The lowest BCUT2D eigenvalue weighted by Gasteiger charge is -2.19. The van der Waals surface area contributed by atoms with E-state index in [2.05, 4.69) is 16.4 Å². The molecule has 0 aromatic carbocycles. The number of allylic oxidation sites excluding steroid dienone is 1. The third kappa shape index (κ3) is 1.84. The number of hydrogen-bond donors (Lipinski definition) is 1. The molecule has 0 fully saturated rings. The summed E-state index contributed by atoms with van der Waals surface area (Å²) in [7, 11) is 0. The van der Waals surface area contributed by atoms with Crippen LogP contribution in [0.4, 0.5) is 0 Å². The van der Waals surface area contributed by atoms with Crippen molar-refractivity contribution in [2.24, 2.45) is 0 Å². The first-order valence-electron chi connectivity index (χ1n) is 4.68. The molecule has 4 heteroatoms. The molecule has 1 unspecified atom stereocenters. The van der Waals surface area contributed by atoms with Gasteiger partial charge in [-0.1, -0.05) is 6.08 Å². The SMILES string of the molecule is O=CNC1CC=C(c2ncco2)CC1.